The van der Waals surface area contributed by atoms with Crippen molar-refractivity contribution in [1.82, 2.24) is 0 Å². The maximum Gasteiger partial charge on any atom is 0.346 e. The molecule has 0 rings (SSSR count). The number of unbranched alkanes of at least 4 members (excludes halogenated alkanes) is 1. The van der Waals surface area contributed by atoms with Crippen LogP contribution in [0.1, 0.15) is 26.2 Å². The van der Waals surface area contributed by atoms with Gasteiger partial charge in [0.1, 0.15) is 4.57 Å². The predicted molar refractivity (Wildman–Crippen MR) is 59.9 cm³/mol. The molecule has 0 aromatic rings. The molecule has 0 aromatic carbocycles. The quantitative estimate of drug-likeness (QED) is 0.578. The van der Waals surface area contributed by atoms with Crippen LogP contribution in [0.3, 0.4) is 0 Å². The molecule has 86 valence electrons. The van der Waals surface area contributed by atoms with Gasteiger partial charge in [-0.25, -0.2) is 0 Å². The Hall–Kier alpha value is 0.590. The highest BCUT2D eigenvalue weighted by Gasteiger charge is 2.36. The van der Waals surface area contributed by atoms with Gasteiger partial charge < -0.3 is 14.2 Å². The topological polar surface area (TPSA) is 55.8 Å². The van der Waals surface area contributed by atoms with E-state index in [2.05, 4.69) is 15.9 Å². The van der Waals surface area contributed by atoms with Crippen molar-refractivity contribution in [2.75, 3.05) is 14.2 Å². The maximum atomic E-state index is 11.8. The minimum Gasteiger partial charge on any atom is -0.391 e. The Balaban J connectivity index is 4.27. The fourth-order valence-corrected chi connectivity index (χ4v) is 3.43. The van der Waals surface area contributed by atoms with Crippen LogP contribution in [-0.4, -0.2) is 30.0 Å². The summed E-state index contributed by atoms with van der Waals surface area (Å²) in [4.78, 5) is 0. The normalized spacial score (nSPS) is 16.6. The Labute approximate surface area is 93.6 Å². The van der Waals surface area contributed by atoms with Crippen LogP contribution in [-0.2, 0) is 13.6 Å². The molecule has 6 heteroatoms. The fraction of sp³-hybridized carbons (Fsp3) is 1.00. The number of aliphatic hydroxyl groups is 1. The molecule has 2 unspecified atom stereocenters. The summed E-state index contributed by atoms with van der Waals surface area (Å²) in [7, 11) is -0.581. The second-order valence-corrected chi connectivity index (χ2v) is 7.05. The highest BCUT2D eigenvalue weighted by molar-refractivity contribution is 9.10. The summed E-state index contributed by atoms with van der Waals surface area (Å²) in [6.07, 6.45) is 1.75. The molecular formula is C8H18BrO4P. The first-order valence-corrected chi connectivity index (χ1v) is 7.08. The van der Waals surface area contributed by atoms with E-state index < -0.39 is 18.3 Å². The summed E-state index contributed by atoms with van der Waals surface area (Å²) in [5.41, 5.74) is 0. The highest BCUT2D eigenvalue weighted by atomic mass is 79.9. The molecule has 0 amide bonds. The molecule has 0 aliphatic rings. The van der Waals surface area contributed by atoms with Crippen LogP contribution in [0.5, 0.6) is 0 Å². The van der Waals surface area contributed by atoms with Gasteiger partial charge >= 0.3 is 7.60 Å². The average molecular weight is 289 g/mol. The monoisotopic (exact) mass is 288 g/mol. The van der Waals surface area contributed by atoms with Crippen LogP contribution >= 0.6 is 23.5 Å². The van der Waals surface area contributed by atoms with Gasteiger partial charge in [-0.3, -0.25) is 4.57 Å². The first-order chi connectivity index (χ1) is 6.51. The van der Waals surface area contributed by atoms with E-state index in [0.29, 0.717) is 6.42 Å². The lowest BCUT2D eigenvalue weighted by atomic mass is 10.2. The van der Waals surface area contributed by atoms with Crippen molar-refractivity contribution in [2.24, 2.45) is 0 Å². The van der Waals surface area contributed by atoms with E-state index in [0.717, 1.165) is 12.8 Å². The summed E-state index contributed by atoms with van der Waals surface area (Å²) >= 11 is 3.15. The molecule has 0 radical (unpaired) electrons. The van der Waals surface area contributed by atoms with E-state index in [-0.39, 0.29) is 0 Å². The van der Waals surface area contributed by atoms with E-state index >= 15 is 0 Å². The van der Waals surface area contributed by atoms with Gasteiger partial charge in [0.05, 0.1) is 6.10 Å². The van der Waals surface area contributed by atoms with Crippen molar-refractivity contribution in [3.05, 3.63) is 0 Å². The van der Waals surface area contributed by atoms with E-state index in [1.54, 1.807) is 0 Å². The van der Waals surface area contributed by atoms with Gasteiger partial charge in [0.25, 0.3) is 0 Å². The second-order valence-electron chi connectivity index (χ2n) is 2.99. The lowest BCUT2D eigenvalue weighted by molar-refractivity contribution is 0.162. The zero-order valence-electron chi connectivity index (χ0n) is 8.77. The number of alkyl halides is 1. The molecule has 0 aliphatic carbocycles. The smallest absolute Gasteiger partial charge is 0.346 e. The van der Waals surface area contributed by atoms with Gasteiger partial charge in [-0.15, -0.1) is 0 Å². The van der Waals surface area contributed by atoms with Crippen molar-refractivity contribution in [1.29, 1.82) is 0 Å². The van der Waals surface area contributed by atoms with Crippen molar-refractivity contribution in [3.63, 3.8) is 0 Å². The molecule has 0 aromatic heterocycles. The Morgan fingerprint density at radius 1 is 1.43 bits per heavy atom. The third-order valence-corrected chi connectivity index (χ3v) is 6.06. The van der Waals surface area contributed by atoms with E-state index in [4.69, 9.17) is 9.05 Å². The van der Waals surface area contributed by atoms with Gasteiger partial charge in [-0.1, -0.05) is 35.7 Å². The van der Waals surface area contributed by atoms with Crippen molar-refractivity contribution in [2.45, 2.75) is 36.9 Å². The van der Waals surface area contributed by atoms with Crippen LogP contribution in [0.2, 0.25) is 0 Å². The Kier molecular flexibility index (Phi) is 7.26. The van der Waals surface area contributed by atoms with Crippen molar-refractivity contribution < 1.29 is 18.7 Å². The van der Waals surface area contributed by atoms with Gasteiger partial charge in [0.2, 0.25) is 0 Å². The summed E-state index contributed by atoms with van der Waals surface area (Å²) in [5, 5.41) is 9.67. The first kappa shape index (κ1) is 14.6. The number of aliphatic hydroxyl groups excluding tert-OH is 1. The second kappa shape index (κ2) is 6.96. The van der Waals surface area contributed by atoms with Gasteiger partial charge in [0, 0.05) is 14.2 Å². The molecule has 0 fully saturated rings. The molecular weight excluding hydrogens is 271 g/mol. The third-order valence-electron chi connectivity index (χ3n) is 1.98. The molecule has 4 nitrogen and oxygen atoms in total. The molecule has 14 heavy (non-hydrogen) atoms. The number of rotatable bonds is 7. The molecule has 2 atom stereocenters. The van der Waals surface area contributed by atoms with Crippen molar-refractivity contribution in [3.8, 4) is 0 Å². The van der Waals surface area contributed by atoms with E-state index in [1.165, 1.54) is 14.2 Å². The number of halogens is 1. The molecule has 0 spiro atoms. The first-order valence-electron chi connectivity index (χ1n) is 4.55. The van der Waals surface area contributed by atoms with Crippen LogP contribution in [0.4, 0.5) is 0 Å². The number of hydrogen-bond donors (Lipinski definition) is 1. The fourth-order valence-electron chi connectivity index (χ4n) is 1.04. The third kappa shape index (κ3) is 3.99. The Morgan fingerprint density at radius 3 is 2.29 bits per heavy atom. The molecule has 1 N–H and O–H groups in total. The SMILES string of the molecule is CCCCC(O)C(Br)P(=O)(OC)OC. The van der Waals surface area contributed by atoms with Gasteiger partial charge in [-0.05, 0) is 6.42 Å². The minimum atomic E-state index is -3.20. The van der Waals surface area contributed by atoms with Crippen molar-refractivity contribution >= 4 is 23.5 Å². The lowest BCUT2D eigenvalue weighted by Gasteiger charge is -2.23. The van der Waals surface area contributed by atoms with Crippen LogP contribution in [0, 0.1) is 0 Å². The molecule has 0 heterocycles. The summed E-state index contributed by atoms with van der Waals surface area (Å²) < 4.78 is 20.7. The average Bonchev–Trinajstić information content (AvgIpc) is 2.23. The van der Waals surface area contributed by atoms with Crippen LogP contribution < -0.4 is 0 Å². The lowest BCUT2D eigenvalue weighted by Crippen LogP contribution is -2.21. The standard InChI is InChI=1S/C8H18BrO4P/c1-4-5-6-7(10)8(9)14(11,12-2)13-3/h7-8,10H,4-6H2,1-3H3. The van der Waals surface area contributed by atoms with Crippen LogP contribution in [0.25, 0.3) is 0 Å². The van der Waals surface area contributed by atoms with Gasteiger partial charge in [-0.2, -0.15) is 0 Å². The summed E-state index contributed by atoms with van der Waals surface area (Å²) in [6.45, 7) is 2.03. The largest absolute Gasteiger partial charge is 0.391 e. The zero-order chi connectivity index (χ0) is 11.2. The summed E-state index contributed by atoms with van der Waals surface area (Å²) in [6, 6.07) is 0. The minimum absolute atomic E-state index is 0.586. The predicted octanol–water partition coefficient (Wildman–Crippen LogP) is 2.74. The Morgan fingerprint density at radius 2 is 1.93 bits per heavy atom. The maximum absolute atomic E-state index is 11.8. The molecule has 0 bridgehead atoms. The van der Waals surface area contributed by atoms with E-state index in [1.807, 2.05) is 6.92 Å². The summed E-state index contributed by atoms with van der Waals surface area (Å²) in [5.74, 6) is 0. The molecule has 0 aliphatic heterocycles. The Bertz CT molecular complexity index is 192. The number of hydrogen-bond acceptors (Lipinski definition) is 4. The van der Waals surface area contributed by atoms with E-state index in [9.17, 15) is 9.67 Å². The van der Waals surface area contributed by atoms with Gasteiger partial charge in [0.15, 0.2) is 0 Å². The highest BCUT2D eigenvalue weighted by Crippen LogP contribution is 2.55. The molecule has 0 saturated carbocycles. The molecule has 0 saturated heterocycles. The zero-order valence-corrected chi connectivity index (χ0v) is 11.3. The van der Waals surface area contributed by atoms with Crippen LogP contribution in [0.15, 0.2) is 0 Å².